The summed E-state index contributed by atoms with van der Waals surface area (Å²) < 4.78 is 10.7. The summed E-state index contributed by atoms with van der Waals surface area (Å²) >= 11 is 0. The fourth-order valence-corrected chi connectivity index (χ4v) is 2.41. The van der Waals surface area contributed by atoms with Crippen molar-refractivity contribution in [2.24, 2.45) is 0 Å². The Bertz CT molecular complexity index is 478. The minimum Gasteiger partial charge on any atom is -0.454 e. The van der Waals surface area contributed by atoms with Crippen molar-refractivity contribution >= 4 is 0 Å². The lowest BCUT2D eigenvalue weighted by Crippen LogP contribution is -2.35. The van der Waals surface area contributed by atoms with Crippen LogP contribution in [0.25, 0.3) is 0 Å². The van der Waals surface area contributed by atoms with Crippen LogP contribution in [0.3, 0.4) is 0 Å². The highest BCUT2D eigenvalue weighted by atomic mass is 16.7. The summed E-state index contributed by atoms with van der Waals surface area (Å²) in [6.45, 7) is 4.67. The van der Waals surface area contributed by atoms with Gasteiger partial charge in [0.1, 0.15) is 0 Å². The van der Waals surface area contributed by atoms with E-state index in [-0.39, 0.29) is 6.04 Å². The summed E-state index contributed by atoms with van der Waals surface area (Å²) in [5.41, 5.74) is 1.27. The van der Waals surface area contributed by atoms with E-state index in [4.69, 9.17) is 15.9 Å². The number of terminal acetylenes is 1. The highest BCUT2D eigenvalue weighted by molar-refractivity contribution is 5.44. The van der Waals surface area contributed by atoms with Gasteiger partial charge >= 0.3 is 0 Å². The maximum atomic E-state index is 5.53. The first kappa shape index (κ1) is 14.7. The number of hydrogen-bond acceptors (Lipinski definition) is 3. The molecule has 0 aromatic heterocycles. The van der Waals surface area contributed by atoms with Gasteiger partial charge in [-0.25, -0.2) is 0 Å². The van der Waals surface area contributed by atoms with Gasteiger partial charge in [-0.3, -0.25) is 0 Å². The molecule has 1 N–H and O–H groups in total. The Kier molecular flexibility index (Phi) is 5.31. The van der Waals surface area contributed by atoms with Gasteiger partial charge in [0.05, 0.1) is 6.04 Å². The number of aryl methyl sites for hydroxylation is 1. The summed E-state index contributed by atoms with van der Waals surface area (Å²) in [6.07, 6.45) is 9.74. The van der Waals surface area contributed by atoms with Crippen molar-refractivity contribution in [3.63, 3.8) is 0 Å². The third-order valence-corrected chi connectivity index (χ3v) is 3.57. The SMILES string of the molecule is C#CC(CCC)NC(C)CCc1ccc2c(c1)OCO2. The molecule has 2 rings (SSSR count). The molecule has 0 spiro atoms. The number of fused-ring (bicyclic) bond motifs is 1. The number of rotatable bonds is 7. The second kappa shape index (κ2) is 7.21. The van der Waals surface area contributed by atoms with Gasteiger partial charge in [-0.1, -0.05) is 25.3 Å². The number of ether oxygens (including phenoxy) is 2. The van der Waals surface area contributed by atoms with Gasteiger partial charge in [-0.05, 0) is 43.9 Å². The zero-order valence-electron chi connectivity index (χ0n) is 12.3. The fraction of sp³-hybridized carbons (Fsp3) is 0.529. The van der Waals surface area contributed by atoms with E-state index in [0.717, 1.165) is 37.2 Å². The van der Waals surface area contributed by atoms with Crippen LogP contribution in [0.5, 0.6) is 11.5 Å². The van der Waals surface area contributed by atoms with Crippen LogP contribution >= 0.6 is 0 Å². The number of benzene rings is 1. The first-order chi connectivity index (χ1) is 9.72. The molecule has 0 fully saturated rings. The Morgan fingerprint density at radius 3 is 2.85 bits per heavy atom. The number of nitrogens with one attached hydrogen (secondary N) is 1. The summed E-state index contributed by atoms with van der Waals surface area (Å²) in [5, 5.41) is 3.50. The summed E-state index contributed by atoms with van der Waals surface area (Å²) in [4.78, 5) is 0. The van der Waals surface area contributed by atoms with Crippen LogP contribution in [-0.2, 0) is 6.42 Å². The third kappa shape index (κ3) is 3.91. The van der Waals surface area contributed by atoms with E-state index in [9.17, 15) is 0 Å². The van der Waals surface area contributed by atoms with E-state index < -0.39 is 0 Å². The lowest BCUT2D eigenvalue weighted by atomic mass is 10.0. The van der Waals surface area contributed by atoms with Gasteiger partial charge in [-0.2, -0.15) is 0 Å². The van der Waals surface area contributed by atoms with Gasteiger partial charge < -0.3 is 14.8 Å². The summed E-state index contributed by atoms with van der Waals surface area (Å²) in [7, 11) is 0. The van der Waals surface area contributed by atoms with E-state index in [0.29, 0.717) is 12.8 Å². The zero-order chi connectivity index (χ0) is 14.4. The highest BCUT2D eigenvalue weighted by Gasteiger charge is 2.14. The highest BCUT2D eigenvalue weighted by Crippen LogP contribution is 2.32. The molecule has 0 saturated heterocycles. The molecule has 1 aromatic carbocycles. The maximum Gasteiger partial charge on any atom is 0.231 e. The van der Waals surface area contributed by atoms with Crippen molar-refractivity contribution in [2.75, 3.05) is 6.79 Å². The van der Waals surface area contributed by atoms with Crippen molar-refractivity contribution in [3.8, 4) is 23.8 Å². The quantitative estimate of drug-likeness (QED) is 0.774. The van der Waals surface area contributed by atoms with Crippen LogP contribution < -0.4 is 14.8 Å². The molecule has 1 heterocycles. The molecule has 2 atom stereocenters. The molecule has 0 bridgehead atoms. The molecule has 0 aliphatic carbocycles. The second-order valence-electron chi connectivity index (χ2n) is 5.30. The second-order valence-corrected chi connectivity index (χ2v) is 5.30. The summed E-state index contributed by atoms with van der Waals surface area (Å²) in [6, 6.07) is 6.75. The van der Waals surface area contributed by atoms with Gasteiger partial charge in [0.15, 0.2) is 11.5 Å². The van der Waals surface area contributed by atoms with Crippen molar-refractivity contribution in [2.45, 2.75) is 51.6 Å². The Morgan fingerprint density at radius 2 is 2.10 bits per heavy atom. The van der Waals surface area contributed by atoms with E-state index in [1.54, 1.807) is 0 Å². The molecule has 108 valence electrons. The van der Waals surface area contributed by atoms with Crippen LogP contribution in [0.15, 0.2) is 18.2 Å². The average Bonchev–Trinajstić information content (AvgIpc) is 2.92. The van der Waals surface area contributed by atoms with Crippen LogP contribution in [0.2, 0.25) is 0 Å². The van der Waals surface area contributed by atoms with Crippen LogP contribution in [-0.4, -0.2) is 18.9 Å². The molecule has 20 heavy (non-hydrogen) atoms. The first-order valence-corrected chi connectivity index (χ1v) is 7.33. The largest absolute Gasteiger partial charge is 0.454 e. The molecular weight excluding hydrogens is 250 g/mol. The Hall–Kier alpha value is -1.66. The first-order valence-electron chi connectivity index (χ1n) is 7.33. The molecule has 1 aliphatic heterocycles. The van der Waals surface area contributed by atoms with Gasteiger partial charge in [0.2, 0.25) is 6.79 Å². The Morgan fingerprint density at radius 1 is 1.30 bits per heavy atom. The molecular formula is C17H23NO2. The standard InChI is InChI=1S/C17H23NO2/c1-4-6-15(5-2)18-13(3)7-8-14-9-10-16-17(11-14)20-12-19-16/h2,9-11,13,15,18H,4,6-8,12H2,1,3H3. The molecule has 0 saturated carbocycles. The van der Waals surface area contributed by atoms with Gasteiger partial charge in [-0.15, -0.1) is 6.42 Å². The van der Waals surface area contributed by atoms with Gasteiger partial charge in [0.25, 0.3) is 0 Å². The van der Waals surface area contributed by atoms with Crippen LogP contribution in [0.1, 0.15) is 38.7 Å². The van der Waals surface area contributed by atoms with Crippen LogP contribution in [0.4, 0.5) is 0 Å². The topological polar surface area (TPSA) is 30.5 Å². The smallest absolute Gasteiger partial charge is 0.231 e. The monoisotopic (exact) mass is 273 g/mol. The number of hydrogen-bond donors (Lipinski definition) is 1. The Labute approximate surface area is 121 Å². The van der Waals surface area contributed by atoms with E-state index in [1.165, 1.54) is 5.56 Å². The lowest BCUT2D eigenvalue weighted by Gasteiger charge is -2.19. The summed E-state index contributed by atoms with van der Waals surface area (Å²) in [5.74, 6) is 4.52. The van der Waals surface area contributed by atoms with Gasteiger partial charge in [0, 0.05) is 6.04 Å². The molecule has 1 aromatic rings. The predicted octanol–water partition coefficient (Wildman–Crippen LogP) is 3.13. The molecule has 0 amide bonds. The van der Waals surface area contributed by atoms with E-state index in [1.807, 2.05) is 6.07 Å². The van der Waals surface area contributed by atoms with Crippen molar-refractivity contribution in [1.29, 1.82) is 0 Å². The lowest BCUT2D eigenvalue weighted by molar-refractivity contribution is 0.174. The van der Waals surface area contributed by atoms with Crippen molar-refractivity contribution in [1.82, 2.24) is 5.32 Å². The minimum absolute atomic E-state index is 0.187. The minimum atomic E-state index is 0.187. The van der Waals surface area contributed by atoms with E-state index in [2.05, 4.69) is 37.2 Å². The third-order valence-electron chi connectivity index (χ3n) is 3.57. The predicted molar refractivity (Wildman–Crippen MR) is 81.0 cm³/mol. The zero-order valence-corrected chi connectivity index (χ0v) is 12.3. The normalized spacial score (nSPS) is 15.7. The molecule has 3 heteroatoms. The van der Waals surface area contributed by atoms with Crippen molar-refractivity contribution in [3.05, 3.63) is 23.8 Å². The van der Waals surface area contributed by atoms with E-state index >= 15 is 0 Å². The fourth-order valence-electron chi connectivity index (χ4n) is 2.41. The van der Waals surface area contributed by atoms with Crippen molar-refractivity contribution < 1.29 is 9.47 Å². The molecule has 3 nitrogen and oxygen atoms in total. The van der Waals surface area contributed by atoms with Crippen LogP contribution in [0, 0.1) is 12.3 Å². The Balaban J connectivity index is 1.81. The average molecular weight is 273 g/mol. The maximum absolute atomic E-state index is 5.53. The molecule has 2 unspecified atom stereocenters. The molecule has 1 aliphatic rings. The molecule has 0 radical (unpaired) electrons.